The van der Waals surface area contributed by atoms with Gasteiger partial charge in [0.25, 0.3) is 5.91 Å². The number of hydrogen-bond donors (Lipinski definition) is 0. The summed E-state index contributed by atoms with van der Waals surface area (Å²) < 4.78 is 5.21. The molecule has 0 bridgehead atoms. The van der Waals surface area contributed by atoms with Crippen LogP contribution in [0.25, 0.3) is 0 Å². The van der Waals surface area contributed by atoms with Crippen molar-refractivity contribution in [3.63, 3.8) is 0 Å². The van der Waals surface area contributed by atoms with Crippen molar-refractivity contribution in [1.82, 2.24) is 9.88 Å². The number of hydrogen-bond acceptors (Lipinski definition) is 3. The molecule has 23 heavy (non-hydrogen) atoms. The fourth-order valence-electron chi connectivity index (χ4n) is 3.17. The Hall–Kier alpha value is -2.36. The molecule has 4 heteroatoms. The Kier molecular flexibility index (Phi) is 4.91. The van der Waals surface area contributed by atoms with Crippen molar-refractivity contribution < 1.29 is 9.53 Å². The molecule has 120 valence electrons. The minimum Gasteiger partial charge on any atom is -0.497 e. The van der Waals surface area contributed by atoms with Crippen molar-refractivity contribution in [1.29, 1.82) is 0 Å². The first kappa shape index (κ1) is 15.5. The summed E-state index contributed by atoms with van der Waals surface area (Å²) in [5, 5.41) is 0. The van der Waals surface area contributed by atoms with Gasteiger partial charge >= 0.3 is 0 Å². The minimum atomic E-state index is 0.0922. The van der Waals surface area contributed by atoms with E-state index in [4.69, 9.17) is 4.74 Å². The summed E-state index contributed by atoms with van der Waals surface area (Å²) in [5.74, 6) is 1.29. The van der Waals surface area contributed by atoms with Crippen LogP contribution in [0.5, 0.6) is 5.75 Å². The summed E-state index contributed by atoms with van der Waals surface area (Å²) >= 11 is 0. The zero-order chi connectivity index (χ0) is 16.1. The molecule has 2 heterocycles. The Labute approximate surface area is 137 Å². The number of amides is 1. The Balaban J connectivity index is 1.66. The topological polar surface area (TPSA) is 42.4 Å². The summed E-state index contributed by atoms with van der Waals surface area (Å²) in [4.78, 5) is 19.1. The van der Waals surface area contributed by atoms with Gasteiger partial charge in [-0.3, -0.25) is 9.78 Å². The van der Waals surface area contributed by atoms with Crippen LogP contribution in [0.2, 0.25) is 0 Å². The van der Waals surface area contributed by atoms with Crippen LogP contribution in [-0.4, -0.2) is 36.0 Å². The SMILES string of the molecule is COc1cccc(C(=O)N2CCC[C@H](Cc3ccccn3)C2)c1. The molecule has 0 radical (unpaired) electrons. The molecule has 3 rings (SSSR count). The van der Waals surface area contributed by atoms with Gasteiger partial charge in [0.2, 0.25) is 0 Å². The number of nitrogens with zero attached hydrogens (tertiary/aromatic N) is 2. The van der Waals surface area contributed by atoms with E-state index < -0.39 is 0 Å². The predicted molar refractivity (Wildman–Crippen MR) is 89.6 cm³/mol. The van der Waals surface area contributed by atoms with Crippen molar-refractivity contribution >= 4 is 5.91 Å². The molecule has 0 unspecified atom stereocenters. The lowest BCUT2D eigenvalue weighted by Gasteiger charge is -2.32. The van der Waals surface area contributed by atoms with Gasteiger partial charge in [-0.2, -0.15) is 0 Å². The van der Waals surface area contributed by atoms with Crippen LogP contribution in [0.1, 0.15) is 28.9 Å². The van der Waals surface area contributed by atoms with E-state index in [1.54, 1.807) is 7.11 Å². The molecule has 1 aromatic heterocycles. The summed E-state index contributed by atoms with van der Waals surface area (Å²) in [6, 6.07) is 13.4. The molecular weight excluding hydrogens is 288 g/mol. The fourth-order valence-corrected chi connectivity index (χ4v) is 3.17. The lowest BCUT2D eigenvalue weighted by Crippen LogP contribution is -2.40. The quantitative estimate of drug-likeness (QED) is 0.871. The number of methoxy groups -OCH3 is 1. The maximum absolute atomic E-state index is 12.7. The van der Waals surface area contributed by atoms with Crippen molar-refractivity contribution in [3.8, 4) is 5.75 Å². The van der Waals surface area contributed by atoms with Gasteiger partial charge in [0.05, 0.1) is 7.11 Å². The van der Waals surface area contributed by atoms with Crippen LogP contribution in [0.3, 0.4) is 0 Å². The van der Waals surface area contributed by atoms with Crippen LogP contribution in [-0.2, 0) is 6.42 Å². The number of aromatic nitrogens is 1. The van der Waals surface area contributed by atoms with Gasteiger partial charge in [-0.25, -0.2) is 0 Å². The lowest BCUT2D eigenvalue weighted by atomic mass is 9.92. The van der Waals surface area contributed by atoms with E-state index in [1.165, 1.54) is 0 Å². The predicted octanol–water partition coefficient (Wildman–Crippen LogP) is 3.19. The van der Waals surface area contributed by atoms with Crippen molar-refractivity contribution in [2.75, 3.05) is 20.2 Å². The van der Waals surface area contributed by atoms with Crippen LogP contribution < -0.4 is 4.74 Å². The largest absolute Gasteiger partial charge is 0.497 e. The molecule has 1 aliphatic heterocycles. The number of carbonyl (C=O) groups is 1. The van der Waals surface area contributed by atoms with E-state index in [2.05, 4.69) is 11.1 Å². The Morgan fingerprint density at radius 2 is 2.22 bits per heavy atom. The average Bonchev–Trinajstić information content (AvgIpc) is 2.62. The summed E-state index contributed by atoms with van der Waals surface area (Å²) in [5.41, 5.74) is 1.80. The molecule has 1 aromatic carbocycles. The van der Waals surface area contributed by atoms with Gasteiger partial charge in [0, 0.05) is 30.5 Å². The van der Waals surface area contributed by atoms with Gasteiger partial charge in [0.15, 0.2) is 0 Å². The van der Waals surface area contributed by atoms with E-state index in [9.17, 15) is 4.79 Å². The van der Waals surface area contributed by atoms with E-state index in [0.717, 1.165) is 43.8 Å². The standard InChI is InChI=1S/C19H22N2O2/c1-23-18-9-4-7-16(13-18)19(22)21-11-5-6-15(14-21)12-17-8-2-3-10-20-17/h2-4,7-10,13,15H,5-6,11-12,14H2,1H3/t15-/m1/s1. The fraction of sp³-hybridized carbons (Fsp3) is 0.368. The van der Waals surface area contributed by atoms with Crippen LogP contribution >= 0.6 is 0 Å². The number of benzene rings is 1. The smallest absolute Gasteiger partial charge is 0.253 e. The average molecular weight is 310 g/mol. The van der Waals surface area contributed by atoms with Gasteiger partial charge < -0.3 is 9.64 Å². The molecule has 1 fully saturated rings. The first-order valence-corrected chi connectivity index (χ1v) is 8.09. The molecule has 4 nitrogen and oxygen atoms in total. The highest BCUT2D eigenvalue weighted by Crippen LogP contribution is 2.22. The first-order chi connectivity index (χ1) is 11.3. The number of rotatable bonds is 4. The Morgan fingerprint density at radius 1 is 1.30 bits per heavy atom. The molecular formula is C19H22N2O2. The maximum atomic E-state index is 12.7. The van der Waals surface area contributed by atoms with E-state index in [-0.39, 0.29) is 5.91 Å². The number of pyridine rings is 1. The number of ether oxygens (including phenoxy) is 1. The summed E-state index contributed by atoms with van der Waals surface area (Å²) in [6.45, 7) is 1.63. The monoisotopic (exact) mass is 310 g/mol. The van der Waals surface area contributed by atoms with Gasteiger partial charge in [0.1, 0.15) is 5.75 Å². The number of piperidine rings is 1. The highest BCUT2D eigenvalue weighted by molar-refractivity contribution is 5.94. The molecule has 0 spiro atoms. The zero-order valence-electron chi connectivity index (χ0n) is 13.4. The summed E-state index contributed by atoms with van der Waals surface area (Å²) in [6.07, 6.45) is 4.96. The zero-order valence-corrected chi connectivity index (χ0v) is 13.4. The molecule has 1 amide bonds. The maximum Gasteiger partial charge on any atom is 0.253 e. The molecule has 0 N–H and O–H groups in total. The molecule has 1 atom stereocenters. The molecule has 0 aliphatic carbocycles. The van der Waals surface area contributed by atoms with Gasteiger partial charge in [-0.15, -0.1) is 0 Å². The second-order valence-electron chi connectivity index (χ2n) is 6.02. The van der Waals surface area contributed by atoms with E-state index in [0.29, 0.717) is 11.5 Å². The second kappa shape index (κ2) is 7.27. The summed E-state index contributed by atoms with van der Waals surface area (Å²) in [7, 11) is 1.62. The number of carbonyl (C=O) groups excluding carboxylic acids is 1. The first-order valence-electron chi connectivity index (χ1n) is 8.09. The third-order valence-electron chi connectivity index (χ3n) is 4.35. The molecule has 1 aliphatic rings. The van der Waals surface area contributed by atoms with Crippen LogP contribution in [0, 0.1) is 5.92 Å². The highest BCUT2D eigenvalue weighted by atomic mass is 16.5. The third kappa shape index (κ3) is 3.89. The van der Waals surface area contributed by atoms with E-state index >= 15 is 0 Å². The lowest BCUT2D eigenvalue weighted by molar-refractivity contribution is 0.0672. The normalized spacial score (nSPS) is 17.8. The van der Waals surface area contributed by atoms with Crippen molar-refractivity contribution in [3.05, 3.63) is 59.9 Å². The Morgan fingerprint density at radius 3 is 3.00 bits per heavy atom. The molecule has 1 saturated heterocycles. The number of likely N-dealkylation sites (tertiary alicyclic amines) is 1. The van der Waals surface area contributed by atoms with Gasteiger partial charge in [-0.1, -0.05) is 12.1 Å². The molecule has 2 aromatic rings. The second-order valence-corrected chi connectivity index (χ2v) is 6.02. The third-order valence-corrected chi connectivity index (χ3v) is 4.35. The minimum absolute atomic E-state index is 0.0922. The van der Waals surface area contributed by atoms with E-state index in [1.807, 2.05) is 47.5 Å². The van der Waals surface area contributed by atoms with Crippen LogP contribution in [0.4, 0.5) is 0 Å². The highest BCUT2D eigenvalue weighted by Gasteiger charge is 2.25. The van der Waals surface area contributed by atoms with Crippen molar-refractivity contribution in [2.45, 2.75) is 19.3 Å². The van der Waals surface area contributed by atoms with Gasteiger partial charge in [-0.05, 0) is 55.5 Å². The van der Waals surface area contributed by atoms with Crippen molar-refractivity contribution in [2.24, 2.45) is 5.92 Å². The van der Waals surface area contributed by atoms with Crippen LogP contribution in [0.15, 0.2) is 48.7 Å². The molecule has 0 saturated carbocycles. The Bertz CT molecular complexity index is 657.